The Kier molecular flexibility index (Phi) is 17.6. The molecule has 20 heavy (non-hydrogen) atoms. The molecular weight excluding hydrogens is 248 g/mol. The highest BCUT2D eigenvalue weighted by atomic mass is 16.2. The molecule has 0 saturated heterocycles. The van der Waals surface area contributed by atoms with E-state index in [2.05, 4.69) is 25.3 Å². The van der Waals surface area contributed by atoms with Crippen LogP contribution in [0.4, 0.5) is 4.79 Å². The lowest BCUT2D eigenvalue weighted by Gasteiger charge is -2.15. The van der Waals surface area contributed by atoms with Crippen molar-refractivity contribution in [1.82, 2.24) is 0 Å². The van der Waals surface area contributed by atoms with Gasteiger partial charge >= 0.3 is 6.03 Å². The molecule has 4 N–H and O–H groups in total. The van der Waals surface area contributed by atoms with Crippen LogP contribution >= 0.6 is 0 Å². The number of rotatable bonds is 0. The zero-order valence-electron chi connectivity index (χ0n) is 14.3. The van der Waals surface area contributed by atoms with E-state index in [1.165, 1.54) is 64.2 Å². The largest absolute Gasteiger partial charge is 0.352 e. The van der Waals surface area contributed by atoms with Gasteiger partial charge in [0.2, 0.25) is 0 Å². The summed E-state index contributed by atoms with van der Waals surface area (Å²) >= 11 is 0. The molecule has 0 heterocycles. The van der Waals surface area contributed by atoms with Crippen LogP contribution in [-0.4, -0.2) is 6.03 Å². The Bertz CT molecular complexity index is 175. The summed E-state index contributed by atoms with van der Waals surface area (Å²) in [5, 5.41) is 0. The fourth-order valence-corrected chi connectivity index (χ4v) is 2.61. The fourth-order valence-electron chi connectivity index (χ4n) is 2.61. The van der Waals surface area contributed by atoms with E-state index in [-0.39, 0.29) is 0 Å². The summed E-state index contributed by atoms with van der Waals surface area (Å²) in [6, 6.07) is -0.833. The predicted molar refractivity (Wildman–Crippen MR) is 89.6 cm³/mol. The van der Waals surface area contributed by atoms with E-state index in [1.54, 1.807) is 0 Å². The average Bonchev–Trinajstić information content (AvgIpc) is 2.43. The lowest BCUT2D eigenvalue weighted by atomic mass is 9.91. The zero-order chi connectivity index (χ0) is 15.8. The smallest absolute Gasteiger partial charge is 0.309 e. The third-order valence-electron chi connectivity index (χ3n) is 3.79. The number of carbonyl (C=O) groups excluding carboxylic acids is 1. The Morgan fingerprint density at radius 3 is 1.00 bits per heavy atom. The molecule has 3 heteroatoms. The minimum Gasteiger partial charge on any atom is -0.352 e. The molecule has 2 aliphatic carbocycles. The second-order valence-corrected chi connectivity index (χ2v) is 5.89. The number of primary amides is 2. The highest BCUT2D eigenvalue weighted by molar-refractivity contribution is 5.69. The van der Waals surface area contributed by atoms with Crippen LogP contribution in [0.25, 0.3) is 0 Å². The maximum absolute atomic E-state index is 9.00. The maximum atomic E-state index is 9.00. The SMILES string of the molecule is CC.CC1CCCCC1.CC1CCCCC1.NC(N)=O. The molecule has 2 amide bonds. The highest BCUT2D eigenvalue weighted by Crippen LogP contribution is 2.22. The van der Waals surface area contributed by atoms with Gasteiger partial charge in [-0.15, -0.1) is 0 Å². The van der Waals surface area contributed by atoms with Crippen molar-refractivity contribution < 1.29 is 4.79 Å². The van der Waals surface area contributed by atoms with Crippen molar-refractivity contribution in [3.63, 3.8) is 0 Å². The number of nitrogens with two attached hydrogens (primary N) is 2. The molecule has 2 aliphatic rings. The molecule has 0 bridgehead atoms. The molecule has 3 nitrogen and oxygen atoms in total. The molecule has 0 spiro atoms. The molecule has 0 aromatic heterocycles. The quantitative estimate of drug-likeness (QED) is 0.629. The fraction of sp³-hybridized carbons (Fsp3) is 0.941. The van der Waals surface area contributed by atoms with Crippen molar-refractivity contribution in [3.05, 3.63) is 0 Å². The predicted octanol–water partition coefficient (Wildman–Crippen LogP) is 5.22. The van der Waals surface area contributed by atoms with Crippen LogP contribution in [0.1, 0.15) is 91.9 Å². The van der Waals surface area contributed by atoms with E-state index >= 15 is 0 Å². The number of hydrogen-bond donors (Lipinski definition) is 2. The van der Waals surface area contributed by atoms with Crippen molar-refractivity contribution in [2.24, 2.45) is 23.3 Å². The van der Waals surface area contributed by atoms with Crippen LogP contribution in [0, 0.1) is 11.8 Å². The van der Waals surface area contributed by atoms with Gasteiger partial charge in [-0.3, -0.25) is 0 Å². The van der Waals surface area contributed by atoms with E-state index in [0.29, 0.717) is 0 Å². The summed E-state index contributed by atoms with van der Waals surface area (Å²) in [5.74, 6) is 2.07. The molecular formula is C17H38N2O. The Hall–Kier alpha value is -0.730. The summed E-state index contributed by atoms with van der Waals surface area (Å²) < 4.78 is 0. The second kappa shape index (κ2) is 16.3. The minimum atomic E-state index is -0.833. The summed E-state index contributed by atoms with van der Waals surface area (Å²) in [6.45, 7) is 8.72. The summed E-state index contributed by atoms with van der Waals surface area (Å²) in [7, 11) is 0. The lowest BCUT2D eigenvalue weighted by Crippen LogP contribution is -2.18. The van der Waals surface area contributed by atoms with Gasteiger partial charge in [0.1, 0.15) is 0 Å². The summed E-state index contributed by atoms with van der Waals surface area (Å²) in [6.07, 6.45) is 14.9. The lowest BCUT2D eigenvalue weighted by molar-refractivity contribution is 0.256. The highest BCUT2D eigenvalue weighted by Gasteiger charge is 2.06. The van der Waals surface area contributed by atoms with E-state index < -0.39 is 6.03 Å². The number of urea groups is 1. The summed E-state index contributed by atoms with van der Waals surface area (Å²) in [4.78, 5) is 9.00. The first-order valence-electron chi connectivity index (χ1n) is 8.57. The van der Waals surface area contributed by atoms with E-state index in [1.807, 2.05) is 13.8 Å². The van der Waals surface area contributed by atoms with Crippen molar-refractivity contribution in [3.8, 4) is 0 Å². The standard InChI is InChI=1S/2C7H14.C2H6.CH4N2O/c2*1-7-5-3-2-4-6-7;1-2;2-1(3)4/h2*7H,2-6H2,1H3;1-2H3;(H4,2,3,4). The minimum absolute atomic E-state index is 0.833. The van der Waals surface area contributed by atoms with Crippen molar-refractivity contribution in [2.45, 2.75) is 91.9 Å². The normalized spacial score (nSPS) is 19.2. The van der Waals surface area contributed by atoms with Gasteiger partial charge in [-0.25, -0.2) is 4.79 Å². The third kappa shape index (κ3) is 19.6. The van der Waals surface area contributed by atoms with E-state index in [0.717, 1.165) is 11.8 Å². The molecule has 0 atom stereocenters. The molecule has 122 valence electrons. The second-order valence-electron chi connectivity index (χ2n) is 5.89. The van der Waals surface area contributed by atoms with Gasteiger partial charge in [0.05, 0.1) is 0 Å². The van der Waals surface area contributed by atoms with Gasteiger partial charge in [0, 0.05) is 0 Å². The van der Waals surface area contributed by atoms with Crippen LogP contribution in [0.3, 0.4) is 0 Å². The molecule has 0 aromatic rings. The molecule has 0 unspecified atom stereocenters. The van der Waals surface area contributed by atoms with Gasteiger partial charge in [-0.1, -0.05) is 91.9 Å². The van der Waals surface area contributed by atoms with Gasteiger partial charge in [-0.05, 0) is 11.8 Å². The Morgan fingerprint density at radius 2 is 0.900 bits per heavy atom. The zero-order valence-corrected chi connectivity index (χ0v) is 14.3. The third-order valence-corrected chi connectivity index (χ3v) is 3.79. The first-order chi connectivity index (χ1) is 9.52. The first-order valence-corrected chi connectivity index (χ1v) is 8.57. The molecule has 0 aliphatic heterocycles. The van der Waals surface area contributed by atoms with Gasteiger partial charge < -0.3 is 11.5 Å². The van der Waals surface area contributed by atoms with E-state index in [4.69, 9.17) is 4.79 Å². The molecule has 2 fully saturated rings. The first kappa shape index (κ1) is 21.6. The Balaban J connectivity index is 0. The Morgan fingerprint density at radius 1 is 0.700 bits per heavy atom. The van der Waals surface area contributed by atoms with Crippen molar-refractivity contribution >= 4 is 6.03 Å². The van der Waals surface area contributed by atoms with Crippen LogP contribution in [0.15, 0.2) is 0 Å². The number of carbonyl (C=O) groups is 1. The van der Waals surface area contributed by atoms with Gasteiger partial charge in [-0.2, -0.15) is 0 Å². The van der Waals surface area contributed by atoms with Crippen LogP contribution in [-0.2, 0) is 0 Å². The monoisotopic (exact) mass is 286 g/mol. The molecule has 0 radical (unpaired) electrons. The van der Waals surface area contributed by atoms with E-state index in [9.17, 15) is 0 Å². The van der Waals surface area contributed by atoms with Gasteiger partial charge in [0.15, 0.2) is 0 Å². The van der Waals surface area contributed by atoms with Gasteiger partial charge in [0.25, 0.3) is 0 Å². The number of amides is 2. The summed E-state index contributed by atoms with van der Waals surface area (Å²) in [5.41, 5.74) is 8.50. The van der Waals surface area contributed by atoms with Crippen molar-refractivity contribution in [1.29, 1.82) is 0 Å². The molecule has 2 saturated carbocycles. The van der Waals surface area contributed by atoms with Crippen LogP contribution in [0.2, 0.25) is 0 Å². The topological polar surface area (TPSA) is 69.1 Å². The molecule has 2 rings (SSSR count). The van der Waals surface area contributed by atoms with Crippen LogP contribution in [0.5, 0.6) is 0 Å². The van der Waals surface area contributed by atoms with Crippen molar-refractivity contribution in [2.75, 3.05) is 0 Å². The number of hydrogen-bond acceptors (Lipinski definition) is 1. The average molecular weight is 287 g/mol. The maximum Gasteiger partial charge on any atom is 0.309 e. The van der Waals surface area contributed by atoms with Crippen LogP contribution < -0.4 is 11.5 Å². The molecule has 0 aromatic carbocycles. The Labute approximate surface area is 126 Å².